The van der Waals surface area contributed by atoms with Gasteiger partial charge in [0.1, 0.15) is 12.3 Å². The molecule has 0 aromatic heterocycles. The van der Waals surface area contributed by atoms with E-state index in [-0.39, 0.29) is 16.3 Å². The van der Waals surface area contributed by atoms with Gasteiger partial charge >= 0.3 is 0 Å². The van der Waals surface area contributed by atoms with Crippen LogP contribution in [0.3, 0.4) is 0 Å². The van der Waals surface area contributed by atoms with Crippen molar-refractivity contribution in [3.05, 3.63) is 86.9 Å². The third-order valence-corrected chi connectivity index (χ3v) is 8.89. The predicted octanol–water partition coefficient (Wildman–Crippen LogP) is 6.21. The van der Waals surface area contributed by atoms with Crippen molar-refractivity contribution in [3.8, 4) is 5.75 Å². The number of hydrogen-bond donors (Lipinski definition) is 1. The van der Waals surface area contributed by atoms with Crippen molar-refractivity contribution in [2.45, 2.75) is 17.6 Å². The summed E-state index contributed by atoms with van der Waals surface area (Å²) in [6.45, 7) is 1.74. The van der Waals surface area contributed by atoms with Crippen LogP contribution >= 0.6 is 46.6 Å². The first-order valence-electron chi connectivity index (χ1n) is 10.8. The lowest BCUT2D eigenvalue weighted by atomic mass is 10.2. The second kappa shape index (κ2) is 12.9. The maximum Gasteiger partial charge on any atom is 0.264 e. The molecule has 3 aromatic rings. The van der Waals surface area contributed by atoms with Gasteiger partial charge in [0.2, 0.25) is 5.91 Å². The largest absolute Gasteiger partial charge is 0.495 e. The monoisotopic (exact) mass is 586 g/mol. The van der Waals surface area contributed by atoms with E-state index in [1.54, 1.807) is 54.2 Å². The molecule has 0 fully saturated rings. The fraction of sp³-hybridized carbons (Fsp3) is 0.240. The fourth-order valence-corrected chi connectivity index (χ4v) is 6.47. The average Bonchev–Trinajstić information content (AvgIpc) is 2.84. The number of amides is 1. The molecule has 0 aliphatic carbocycles. The molecule has 36 heavy (non-hydrogen) atoms. The second-order valence-electron chi connectivity index (χ2n) is 7.74. The number of rotatable bonds is 11. The number of anilines is 1. The van der Waals surface area contributed by atoms with Crippen LogP contribution in [-0.4, -0.2) is 40.3 Å². The molecule has 3 aromatic carbocycles. The van der Waals surface area contributed by atoms with Crippen LogP contribution in [0.5, 0.6) is 5.75 Å². The zero-order valence-corrected chi connectivity index (χ0v) is 23.5. The lowest BCUT2D eigenvalue weighted by Crippen LogP contribution is -2.41. The van der Waals surface area contributed by atoms with Crippen molar-refractivity contribution in [2.24, 2.45) is 0 Å². The molecule has 0 saturated heterocycles. The number of benzene rings is 3. The van der Waals surface area contributed by atoms with Gasteiger partial charge in [-0.3, -0.25) is 9.10 Å². The maximum atomic E-state index is 13.6. The van der Waals surface area contributed by atoms with Gasteiger partial charge in [-0.25, -0.2) is 8.42 Å². The average molecular weight is 588 g/mol. The molecule has 0 saturated carbocycles. The molecule has 6 nitrogen and oxygen atoms in total. The van der Waals surface area contributed by atoms with Gasteiger partial charge in [-0.05, 0) is 55.0 Å². The predicted molar refractivity (Wildman–Crippen MR) is 149 cm³/mol. The van der Waals surface area contributed by atoms with Gasteiger partial charge in [-0.15, -0.1) is 0 Å². The Bertz CT molecular complexity index is 1300. The number of carbonyl (C=O) groups excluding carboxylic acids is 1. The molecular weight excluding hydrogens is 563 g/mol. The molecule has 3 rings (SSSR count). The van der Waals surface area contributed by atoms with Crippen molar-refractivity contribution >= 4 is 68.2 Å². The molecule has 0 aliphatic rings. The van der Waals surface area contributed by atoms with Crippen LogP contribution < -0.4 is 14.4 Å². The number of hydrogen-bond acceptors (Lipinski definition) is 5. The number of thioether (sulfide) groups is 1. The zero-order chi connectivity index (χ0) is 26.3. The number of nitrogens with zero attached hydrogens (tertiary/aromatic N) is 1. The molecular formula is C25H25Cl3N2O4S2. The Labute approximate surface area is 230 Å². The van der Waals surface area contributed by atoms with Gasteiger partial charge in [0.05, 0.1) is 17.7 Å². The van der Waals surface area contributed by atoms with Crippen LogP contribution in [0.15, 0.2) is 65.6 Å². The summed E-state index contributed by atoms with van der Waals surface area (Å²) in [6.07, 6.45) is 0. The van der Waals surface area contributed by atoms with Gasteiger partial charge < -0.3 is 10.1 Å². The first-order valence-corrected chi connectivity index (χ1v) is 14.6. The summed E-state index contributed by atoms with van der Waals surface area (Å²) < 4.78 is 33.5. The first-order chi connectivity index (χ1) is 17.1. The number of halogens is 3. The van der Waals surface area contributed by atoms with Crippen molar-refractivity contribution in [1.29, 1.82) is 0 Å². The van der Waals surface area contributed by atoms with E-state index < -0.39 is 22.5 Å². The minimum Gasteiger partial charge on any atom is -0.495 e. The van der Waals surface area contributed by atoms with Crippen molar-refractivity contribution in [1.82, 2.24) is 5.32 Å². The number of nitrogens with one attached hydrogen (secondary N) is 1. The smallest absolute Gasteiger partial charge is 0.264 e. The summed E-state index contributed by atoms with van der Waals surface area (Å²) in [4.78, 5) is 12.9. The van der Waals surface area contributed by atoms with Crippen LogP contribution in [0.1, 0.15) is 11.1 Å². The molecule has 0 aliphatic heterocycles. The van der Waals surface area contributed by atoms with Crippen LogP contribution in [-0.2, 0) is 20.6 Å². The third kappa shape index (κ3) is 7.23. The van der Waals surface area contributed by atoms with Crippen molar-refractivity contribution in [2.75, 3.05) is 30.3 Å². The summed E-state index contributed by atoms with van der Waals surface area (Å²) >= 11 is 20.1. The Morgan fingerprint density at radius 2 is 1.69 bits per heavy atom. The van der Waals surface area contributed by atoms with E-state index >= 15 is 0 Å². The quantitative estimate of drug-likeness (QED) is 0.270. The topological polar surface area (TPSA) is 75.7 Å². The molecule has 0 atom stereocenters. The summed E-state index contributed by atoms with van der Waals surface area (Å²) in [6, 6.07) is 16.3. The molecule has 11 heteroatoms. The van der Waals surface area contributed by atoms with E-state index in [2.05, 4.69) is 5.32 Å². The normalized spacial score (nSPS) is 11.2. The fourth-order valence-electron chi connectivity index (χ4n) is 3.29. The number of methoxy groups -OCH3 is 1. The van der Waals surface area contributed by atoms with Crippen LogP contribution in [0.2, 0.25) is 15.1 Å². The number of ether oxygens (including phenoxy) is 1. The van der Waals surface area contributed by atoms with E-state index in [9.17, 15) is 13.2 Å². The van der Waals surface area contributed by atoms with Crippen LogP contribution in [0.25, 0.3) is 0 Å². The highest BCUT2D eigenvalue weighted by Crippen LogP contribution is 2.35. The highest BCUT2D eigenvalue weighted by Gasteiger charge is 2.29. The number of sulfonamides is 1. The standard InChI is InChI=1S/C25H25Cl3N2O4S2/c1-17-6-9-19(10-7-17)36(32,33)30(23-14-18(26)8-11-24(23)34-2)15-25(31)29-12-13-35-16-20-21(27)4-3-5-22(20)28/h3-11,14H,12-13,15-16H2,1-2H3,(H,29,31). The SMILES string of the molecule is COc1ccc(Cl)cc1N(CC(=O)NCCSCc1c(Cl)cccc1Cl)S(=O)(=O)c1ccc(C)cc1. The molecule has 1 N–H and O–H groups in total. The lowest BCUT2D eigenvalue weighted by molar-refractivity contribution is -0.119. The Morgan fingerprint density at radius 3 is 2.33 bits per heavy atom. The third-order valence-electron chi connectivity index (χ3n) is 5.18. The lowest BCUT2D eigenvalue weighted by Gasteiger charge is -2.26. The van der Waals surface area contributed by atoms with Gasteiger partial charge in [-0.2, -0.15) is 11.8 Å². The Hall–Kier alpha value is -2.10. The number of aryl methyl sites for hydroxylation is 1. The Balaban J connectivity index is 1.73. The summed E-state index contributed by atoms with van der Waals surface area (Å²) in [7, 11) is -2.67. The van der Waals surface area contributed by atoms with Crippen LogP contribution in [0, 0.1) is 6.92 Å². The van der Waals surface area contributed by atoms with Crippen molar-refractivity contribution in [3.63, 3.8) is 0 Å². The van der Waals surface area contributed by atoms with Gasteiger partial charge in [-0.1, -0.05) is 58.6 Å². The molecule has 0 unspecified atom stereocenters. The van der Waals surface area contributed by atoms with Gasteiger partial charge in [0.15, 0.2) is 0 Å². The van der Waals surface area contributed by atoms with Gasteiger partial charge in [0.25, 0.3) is 10.0 Å². The Morgan fingerprint density at radius 1 is 1.03 bits per heavy atom. The van der Waals surface area contributed by atoms with E-state index in [0.717, 1.165) is 15.4 Å². The summed E-state index contributed by atoms with van der Waals surface area (Å²) in [5, 5.41) is 4.27. The van der Waals surface area contributed by atoms with Crippen LogP contribution in [0.4, 0.5) is 5.69 Å². The second-order valence-corrected chi connectivity index (χ2v) is 12.0. The molecule has 0 heterocycles. The summed E-state index contributed by atoms with van der Waals surface area (Å²) in [5.41, 5.74) is 1.91. The minimum atomic E-state index is -4.10. The zero-order valence-electron chi connectivity index (χ0n) is 19.6. The van der Waals surface area contributed by atoms with E-state index in [1.807, 2.05) is 6.92 Å². The highest BCUT2D eigenvalue weighted by molar-refractivity contribution is 7.98. The first kappa shape index (κ1) is 28.5. The summed E-state index contributed by atoms with van der Waals surface area (Å²) in [5.74, 6) is 0.972. The molecule has 0 spiro atoms. The van der Waals surface area contributed by atoms with E-state index in [4.69, 9.17) is 39.5 Å². The maximum absolute atomic E-state index is 13.6. The highest BCUT2D eigenvalue weighted by atomic mass is 35.5. The van der Waals surface area contributed by atoms with Gasteiger partial charge in [0, 0.05) is 33.1 Å². The molecule has 192 valence electrons. The van der Waals surface area contributed by atoms with Crippen molar-refractivity contribution < 1.29 is 17.9 Å². The molecule has 0 radical (unpaired) electrons. The minimum absolute atomic E-state index is 0.0510. The van der Waals surface area contributed by atoms with E-state index in [1.165, 1.54) is 25.3 Å². The molecule has 1 amide bonds. The van der Waals surface area contributed by atoms with E-state index in [0.29, 0.717) is 33.1 Å². The number of carbonyl (C=O) groups is 1. The Kier molecular flexibility index (Phi) is 10.2. The molecule has 0 bridgehead atoms.